The van der Waals surface area contributed by atoms with Gasteiger partial charge in [0.05, 0.1) is 19.0 Å². The fraction of sp³-hybridized carbons (Fsp3) is 0.600. The van der Waals surface area contributed by atoms with E-state index in [9.17, 15) is 4.79 Å². The Morgan fingerprint density at radius 3 is 2.80 bits per heavy atom. The van der Waals surface area contributed by atoms with Crippen LogP contribution in [0, 0.1) is 5.92 Å². The van der Waals surface area contributed by atoms with E-state index in [1.54, 1.807) is 32.5 Å². The third-order valence-corrected chi connectivity index (χ3v) is 3.96. The summed E-state index contributed by atoms with van der Waals surface area (Å²) < 4.78 is 10.6. The quantitative estimate of drug-likeness (QED) is 0.919. The molecule has 1 amide bonds. The number of aromatic nitrogens is 1. The lowest BCUT2D eigenvalue weighted by Crippen LogP contribution is -2.47. The molecule has 1 aromatic heterocycles. The summed E-state index contributed by atoms with van der Waals surface area (Å²) in [5.74, 6) is 0.942. The average Bonchev–Trinajstić information content (AvgIpc) is 2.47. The van der Waals surface area contributed by atoms with Crippen molar-refractivity contribution in [3.63, 3.8) is 0 Å². The van der Waals surface area contributed by atoms with Gasteiger partial charge in [-0.1, -0.05) is 13.3 Å². The van der Waals surface area contributed by atoms with Crippen molar-refractivity contribution < 1.29 is 14.3 Å². The fourth-order valence-electron chi connectivity index (χ4n) is 2.81. The molecule has 0 spiro atoms. The van der Waals surface area contributed by atoms with Crippen LogP contribution in [0.5, 0.6) is 5.88 Å². The van der Waals surface area contributed by atoms with Crippen LogP contribution in [0.3, 0.4) is 0 Å². The second-order valence-electron chi connectivity index (χ2n) is 5.44. The molecule has 0 radical (unpaired) electrons. The summed E-state index contributed by atoms with van der Waals surface area (Å²) in [7, 11) is 3.17. The summed E-state index contributed by atoms with van der Waals surface area (Å²) in [6.45, 7) is 2.16. The predicted molar refractivity (Wildman–Crippen MR) is 76.8 cm³/mol. The van der Waals surface area contributed by atoms with Crippen molar-refractivity contribution in [3.8, 4) is 5.88 Å². The summed E-state index contributed by atoms with van der Waals surface area (Å²) in [5, 5.41) is 2.89. The molecule has 2 rings (SSSR count). The molecule has 1 aliphatic rings. The van der Waals surface area contributed by atoms with Gasteiger partial charge in [0.15, 0.2) is 0 Å². The summed E-state index contributed by atoms with van der Waals surface area (Å²) >= 11 is 0. The van der Waals surface area contributed by atoms with Crippen molar-refractivity contribution in [1.29, 1.82) is 0 Å². The minimum Gasteiger partial charge on any atom is -0.481 e. The molecule has 2 atom stereocenters. The van der Waals surface area contributed by atoms with Crippen molar-refractivity contribution in [3.05, 3.63) is 18.3 Å². The van der Waals surface area contributed by atoms with E-state index < -0.39 is 5.60 Å². The van der Waals surface area contributed by atoms with E-state index in [1.807, 2.05) is 0 Å². The first-order valence-electron chi connectivity index (χ1n) is 6.96. The normalized spacial score (nSPS) is 26.1. The van der Waals surface area contributed by atoms with E-state index in [2.05, 4.69) is 17.2 Å². The molecule has 5 heteroatoms. The van der Waals surface area contributed by atoms with E-state index in [0.717, 1.165) is 25.7 Å². The number of methoxy groups -OCH3 is 2. The van der Waals surface area contributed by atoms with Gasteiger partial charge in [-0.3, -0.25) is 4.79 Å². The van der Waals surface area contributed by atoms with Gasteiger partial charge in [-0.2, -0.15) is 0 Å². The van der Waals surface area contributed by atoms with Crippen LogP contribution in [0.15, 0.2) is 18.3 Å². The molecular weight excluding hydrogens is 256 g/mol. The molecule has 1 fully saturated rings. The number of carbonyl (C=O) groups excluding carboxylic acids is 1. The molecule has 0 saturated heterocycles. The number of amides is 1. The zero-order chi connectivity index (χ0) is 14.6. The largest absolute Gasteiger partial charge is 0.481 e. The highest BCUT2D eigenvalue weighted by atomic mass is 16.5. The summed E-state index contributed by atoms with van der Waals surface area (Å²) in [6.07, 6.45) is 5.29. The second-order valence-corrected chi connectivity index (χ2v) is 5.44. The van der Waals surface area contributed by atoms with Gasteiger partial charge < -0.3 is 14.8 Å². The zero-order valence-electron chi connectivity index (χ0n) is 12.3. The van der Waals surface area contributed by atoms with Crippen LogP contribution >= 0.6 is 0 Å². The first-order chi connectivity index (χ1) is 9.59. The number of hydrogen-bond acceptors (Lipinski definition) is 4. The Balaban J connectivity index is 2.08. The van der Waals surface area contributed by atoms with Crippen molar-refractivity contribution in [2.24, 2.45) is 5.92 Å². The first kappa shape index (κ1) is 14.8. The van der Waals surface area contributed by atoms with Crippen molar-refractivity contribution in [1.82, 2.24) is 4.98 Å². The van der Waals surface area contributed by atoms with Gasteiger partial charge in [0.2, 0.25) is 5.88 Å². The van der Waals surface area contributed by atoms with Crippen molar-refractivity contribution in [2.75, 3.05) is 19.5 Å². The van der Waals surface area contributed by atoms with Crippen LogP contribution in [0.25, 0.3) is 0 Å². The molecule has 110 valence electrons. The lowest BCUT2D eigenvalue weighted by Gasteiger charge is -2.37. The topological polar surface area (TPSA) is 60.5 Å². The van der Waals surface area contributed by atoms with E-state index in [4.69, 9.17) is 9.47 Å². The van der Waals surface area contributed by atoms with Crippen LogP contribution in [0.4, 0.5) is 5.69 Å². The molecule has 5 nitrogen and oxygen atoms in total. The smallest absolute Gasteiger partial charge is 0.256 e. The molecule has 1 aromatic rings. The third-order valence-electron chi connectivity index (χ3n) is 3.96. The average molecular weight is 278 g/mol. The Morgan fingerprint density at radius 1 is 1.45 bits per heavy atom. The van der Waals surface area contributed by atoms with Crippen LogP contribution in [-0.4, -0.2) is 30.7 Å². The van der Waals surface area contributed by atoms with Gasteiger partial charge >= 0.3 is 0 Å². The van der Waals surface area contributed by atoms with E-state index >= 15 is 0 Å². The number of nitrogens with zero attached hydrogens (tertiary/aromatic N) is 1. The molecule has 0 aromatic carbocycles. The van der Waals surface area contributed by atoms with Crippen LogP contribution in [-0.2, 0) is 9.53 Å². The maximum absolute atomic E-state index is 12.5. The van der Waals surface area contributed by atoms with Gasteiger partial charge in [-0.25, -0.2) is 4.98 Å². The van der Waals surface area contributed by atoms with Gasteiger partial charge in [0.25, 0.3) is 5.91 Å². The number of rotatable bonds is 4. The Bertz CT molecular complexity index is 461. The minimum absolute atomic E-state index is 0.0847. The standard InChI is InChI=1S/C15H22N2O3/c1-11-5-4-8-15(9-11,20-3)14(18)17-12-6-7-13(19-2)16-10-12/h6-7,10-11H,4-5,8-9H2,1-3H3,(H,17,18)/t11-,15+/m1/s1. The minimum atomic E-state index is -0.711. The molecule has 0 bridgehead atoms. The molecule has 1 saturated carbocycles. The monoisotopic (exact) mass is 278 g/mol. The summed E-state index contributed by atoms with van der Waals surface area (Å²) in [5.41, 5.74) is -0.0529. The highest BCUT2D eigenvalue weighted by molar-refractivity contribution is 5.97. The summed E-state index contributed by atoms with van der Waals surface area (Å²) in [6, 6.07) is 3.50. The molecule has 1 N–H and O–H groups in total. The fourth-order valence-corrected chi connectivity index (χ4v) is 2.81. The van der Waals surface area contributed by atoms with Gasteiger partial charge in [-0.15, -0.1) is 0 Å². The first-order valence-corrected chi connectivity index (χ1v) is 6.96. The van der Waals surface area contributed by atoms with E-state index in [0.29, 0.717) is 17.5 Å². The molecule has 20 heavy (non-hydrogen) atoms. The van der Waals surface area contributed by atoms with E-state index in [1.165, 1.54) is 0 Å². The zero-order valence-corrected chi connectivity index (χ0v) is 12.3. The highest BCUT2D eigenvalue weighted by Crippen LogP contribution is 2.35. The SMILES string of the molecule is COc1ccc(NC(=O)[C@]2(OC)CCC[C@@H](C)C2)cn1. The van der Waals surface area contributed by atoms with Gasteiger partial charge in [0.1, 0.15) is 5.60 Å². The number of ether oxygens (including phenoxy) is 2. The maximum atomic E-state index is 12.5. The van der Waals surface area contributed by atoms with Crippen LogP contribution in [0.1, 0.15) is 32.6 Å². The highest BCUT2D eigenvalue weighted by Gasteiger charge is 2.41. The van der Waals surface area contributed by atoms with Crippen LogP contribution < -0.4 is 10.1 Å². The number of nitrogens with one attached hydrogen (secondary N) is 1. The number of carbonyl (C=O) groups is 1. The molecule has 1 heterocycles. The van der Waals surface area contributed by atoms with Crippen molar-refractivity contribution in [2.45, 2.75) is 38.2 Å². The van der Waals surface area contributed by atoms with Crippen molar-refractivity contribution >= 4 is 11.6 Å². The van der Waals surface area contributed by atoms with Crippen LogP contribution in [0.2, 0.25) is 0 Å². The van der Waals surface area contributed by atoms with E-state index in [-0.39, 0.29) is 5.91 Å². The van der Waals surface area contributed by atoms with Gasteiger partial charge in [0, 0.05) is 13.2 Å². The Labute approximate surface area is 119 Å². The number of hydrogen-bond donors (Lipinski definition) is 1. The lowest BCUT2D eigenvalue weighted by molar-refractivity contribution is -0.143. The molecule has 0 unspecified atom stereocenters. The third kappa shape index (κ3) is 3.10. The Hall–Kier alpha value is -1.62. The second kappa shape index (κ2) is 6.22. The Kier molecular flexibility index (Phi) is 4.60. The molecule has 0 aliphatic heterocycles. The number of pyridine rings is 1. The number of anilines is 1. The molecule has 1 aliphatic carbocycles. The lowest BCUT2D eigenvalue weighted by atomic mass is 9.78. The maximum Gasteiger partial charge on any atom is 0.256 e. The molecular formula is C15H22N2O3. The van der Waals surface area contributed by atoms with Gasteiger partial charge in [-0.05, 0) is 31.2 Å². The summed E-state index contributed by atoms with van der Waals surface area (Å²) in [4.78, 5) is 16.6. The predicted octanol–water partition coefficient (Wildman–Crippen LogP) is 2.62. The Morgan fingerprint density at radius 2 is 2.25 bits per heavy atom.